The van der Waals surface area contributed by atoms with Gasteiger partial charge >= 0.3 is 0 Å². The predicted molar refractivity (Wildman–Crippen MR) is 104 cm³/mol. The first-order valence-corrected chi connectivity index (χ1v) is 8.67. The number of carbonyl (C=O) groups is 1. The lowest BCUT2D eigenvalue weighted by atomic mass is 10.1. The largest absolute Gasteiger partial charge is 0.484 e. The van der Waals surface area contributed by atoms with Crippen LogP contribution in [-0.4, -0.2) is 18.7 Å². The number of nitrogens with one attached hydrogen (secondary N) is 1. The monoisotopic (exact) mass is 416 g/mol. The molecule has 3 aromatic carbocycles. The Morgan fingerprint density at radius 2 is 1.80 bits per heavy atom. The number of benzene rings is 3. The third kappa shape index (κ3) is 5.05. The first-order valence-electron chi connectivity index (χ1n) is 7.50. The average Bonchev–Trinajstić information content (AvgIpc) is 2.61. The molecule has 0 spiro atoms. The Morgan fingerprint density at radius 1 is 1.08 bits per heavy atom. The van der Waals surface area contributed by atoms with Crippen LogP contribution >= 0.6 is 27.5 Å². The van der Waals surface area contributed by atoms with Gasteiger partial charge in [0.25, 0.3) is 5.91 Å². The SMILES string of the molecule is O=C(COc1ccc2cc(Br)ccc2c1)N/N=C/c1ccc(Cl)cc1. The molecule has 0 aliphatic carbocycles. The third-order valence-electron chi connectivity index (χ3n) is 3.42. The minimum absolute atomic E-state index is 0.111. The van der Waals surface area contributed by atoms with Crippen LogP contribution < -0.4 is 10.2 Å². The fraction of sp³-hybridized carbons (Fsp3) is 0.0526. The fourth-order valence-corrected chi connectivity index (χ4v) is 2.70. The van der Waals surface area contributed by atoms with Gasteiger partial charge < -0.3 is 4.74 Å². The highest BCUT2D eigenvalue weighted by Gasteiger charge is 2.03. The van der Waals surface area contributed by atoms with E-state index >= 15 is 0 Å². The predicted octanol–water partition coefficient (Wildman–Crippen LogP) is 4.78. The molecule has 1 amide bonds. The quantitative estimate of drug-likeness (QED) is 0.479. The summed E-state index contributed by atoms with van der Waals surface area (Å²) < 4.78 is 6.53. The van der Waals surface area contributed by atoms with Gasteiger partial charge in [-0.1, -0.05) is 51.8 Å². The molecule has 0 unspecified atom stereocenters. The first-order chi connectivity index (χ1) is 12.1. The normalized spacial score (nSPS) is 11.0. The topological polar surface area (TPSA) is 50.7 Å². The number of ether oxygens (including phenoxy) is 1. The van der Waals surface area contributed by atoms with Gasteiger partial charge in [0.2, 0.25) is 0 Å². The summed E-state index contributed by atoms with van der Waals surface area (Å²) in [7, 11) is 0. The zero-order valence-corrected chi connectivity index (χ0v) is 15.4. The number of carbonyl (C=O) groups excluding carboxylic acids is 1. The molecule has 6 heteroatoms. The smallest absolute Gasteiger partial charge is 0.277 e. The molecule has 3 rings (SSSR count). The molecule has 0 saturated heterocycles. The van der Waals surface area contributed by atoms with Crippen LogP contribution in [0.4, 0.5) is 0 Å². The molecular weight excluding hydrogens is 404 g/mol. The zero-order valence-electron chi connectivity index (χ0n) is 13.1. The van der Waals surface area contributed by atoms with Crippen molar-refractivity contribution in [3.8, 4) is 5.75 Å². The lowest BCUT2D eigenvalue weighted by Crippen LogP contribution is -2.24. The second-order valence-corrected chi connectivity index (χ2v) is 6.64. The van der Waals surface area contributed by atoms with Gasteiger partial charge in [-0.2, -0.15) is 5.10 Å². The number of hydrogen-bond donors (Lipinski definition) is 1. The third-order valence-corrected chi connectivity index (χ3v) is 4.16. The van der Waals surface area contributed by atoms with Gasteiger partial charge in [0.15, 0.2) is 6.61 Å². The number of halogens is 2. The number of fused-ring (bicyclic) bond motifs is 1. The van der Waals surface area contributed by atoms with Gasteiger partial charge in [-0.25, -0.2) is 5.43 Å². The highest BCUT2D eigenvalue weighted by atomic mass is 79.9. The summed E-state index contributed by atoms with van der Waals surface area (Å²) in [6.07, 6.45) is 1.54. The Morgan fingerprint density at radius 3 is 2.60 bits per heavy atom. The summed E-state index contributed by atoms with van der Waals surface area (Å²) in [4.78, 5) is 11.8. The van der Waals surface area contributed by atoms with Crippen LogP contribution in [-0.2, 0) is 4.79 Å². The molecule has 0 radical (unpaired) electrons. The average molecular weight is 418 g/mol. The van der Waals surface area contributed by atoms with Crippen LogP contribution in [0.1, 0.15) is 5.56 Å². The summed E-state index contributed by atoms with van der Waals surface area (Å²) in [6, 6.07) is 18.8. The minimum atomic E-state index is -0.332. The van der Waals surface area contributed by atoms with E-state index in [1.54, 1.807) is 18.3 Å². The van der Waals surface area contributed by atoms with E-state index < -0.39 is 0 Å². The Balaban J connectivity index is 1.53. The van der Waals surface area contributed by atoms with E-state index in [1.165, 1.54) is 0 Å². The lowest BCUT2D eigenvalue weighted by Gasteiger charge is -2.06. The first kappa shape index (κ1) is 17.5. The number of amides is 1. The van der Waals surface area contributed by atoms with Crippen molar-refractivity contribution in [1.82, 2.24) is 5.43 Å². The van der Waals surface area contributed by atoms with Crippen molar-refractivity contribution < 1.29 is 9.53 Å². The molecule has 4 nitrogen and oxygen atoms in total. The van der Waals surface area contributed by atoms with E-state index in [0.29, 0.717) is 10.8 Å². The van der Waals surface area contributed by atoms with Crippen molar-refractivity contribution in [3.05, 3.63) is 75.7 Å². The number of hydrazone groups is 1. The van der Waals surface area contributed by atoms with E-state index in [9.17, 15) is 4.79 Å². The summed E-state index contributed by atoms with van der Waals surface area (Å²) in [5.74, 6) is 0.299. The highest BCUT2D eigenvalue weighted by molar-refractivity contribution is 9.10. The molecule has 0 bridgehead atoms. The number of nitrogens with zero attached hydrogens (tertiary/aromatic N) is 1. The molecule has 0 fully saturated rings. The molecule has 3 aromatic rings. The molecule has 0 aromatic heterocycles. The van der Waals surface area contributed by atoms with Crippen molar-refractivity contribution >= 4 is 50.4 Å². The Hall–Kier alpha value is -2.37. The molecule has 126 valence electrons. The van der Waals surface area contributed by atoms with E-state index in [-0.39, 0.29) is 12.5 Å². The van der Waals surface area contributed by atoms with E-state index in [2.05, 4.69) is 26.5 Å². The Kier molecular flexibility index (Phi) is 5.68. The van der Waals surface area contributed by atoms with Crippen molar-refractivity contribution in [2.75, 3.05) is 6.61 Å². The molecule has 0 heterocycles. The summed E-state index contributed by atoms with van der Waals surface area (Å²) in [6.45, 7) is -0.111. The van der Waals surface area contributed by atoms with Crippen molar-refractivity contribution in [2.45, 2.75) is 0 Å². The van der Waals surface area contributed by atoms with Gasteiger partial charge in [0.05, 0.1) is 6.21 Å². The second-order valence-electron chi connectivity index (χ2n) is 5.29. The standard InChI is InChI=1S/C19H14BrClN2O2/c20-16-5-3-15-10-18(8-4-14(15)9-16)25-12-19(24)23-22-11-13-1-6-17(21)7-2-13/h1-11H,12H2,(H,23,24)/b22-11+. The maximum absolute atomic E-state index is 11.8. The maximum atomic E-state index is 11.8. The van der Waals surface area contributed by atoms with Crippen LogP contribution in [0, 0.1) is 0 Å². The van der Waals surface area contributed by atoms with Crippen molar-refractivity contribution in [1.29, 1.82) is 0 Å². The zero-order chi connectivity index (χ0) is 17.6. The fourth-order valence-electron chi connectivity index (χ4n) is 2.19. The summed E-state index contributed by atoms with van der Waals surface area (Å²) >= 11 is 9.25. The number of rotatable bonds is 5. The van der Waals surface area contributed by atoms with Crippen LogP contribution in [0.15, 0.2) is 70.2 Å². The molecule has 0 atom stereocenters. The molecule has 1 N–H and O–H groups in total. The second kappa shape index (κ2) is 8.14. The van der Waals surface area contributed by atoms with Crippen LogP contribution in [0.3, 0.4) is 0 Å². The van der Waals surface area contributed by atoms with Gasteiger partial charge in [-0.05, 0) is 52.7 Å². The van der Waals surface area contributed by atoms with Gasteiger partial charge in [0, 0.05) is 9.50 Å². The van der Waals surface area contributed by atoms with E-state index in [0.717, 1.165) is 20.8 Å². The van der Waals surface area contributed by atoms with Crippen LogP contribution in [0.5, 0.6) is 5.75 Å². The number of hydrogen-bond acceptors (Lipinski definition) is 3. The summed E-state index contributed by atoms with van der Waals surface area (Å²) in [5, 5.41) is 6.68. The lowest BCUT2D eigenvalue weighted by molar-refractivity contribution is -0.123. The minimum Gasteiger partial charge on any atom is -0.484 e. The molecule has 0 saturated carbocycles. The van der Waals surface area contributed by atoms with E-state index in [4.69, 9.17) is 16.3 Å². The van der Waals surface area contributed by atoms with Gasteiger partial charge in [-0.3, -0.25) is 4.79 Å². The van der Waals surface area contributed by atoms with Gasteiger partial charge in [0.1, 0.15) is 5.75 Å². The molecule has 0 aliphatic rings. The maximum Gasteiger partial charge on any atom is 0.277 e. The highest BCUT2D eigenvalue weighted by Crippen LogP contribution is 2.24. The van der Waals surface area contributed by atoms with Crippen LogP contribution in [0.25, 0.3) is 10.8 Å². The van der Waals surface area contributed by atoms with Crippen molar-refractivity contribution in [3.63, 3.8) is 0 Å². The van der Waals surface area contributed by atoms with Gasteiger partial charge in [-0.15, -0.1) is 0 Å². The Labute approximate surface area is 158 Å². The molecule has 25 heavy (non-hydrogen) atoms. The summed E-state index contributed by atoms with van der Waals surface area (Å²) in [5.41, 5.74) is 3.27. The molecular formula is C19H14BrClN2O2. The van der Waals surface area contributed by atoms with Crippen molar-refractivity contribution in [2.24, 2.45) is 5.10 Å². The Bertz CT molecular complexity index is 926. The molecule has 0 aliphatic heterocycles. The van der Waals surface area contributed by atoms with Crippen LogP contribution in [0.2, 0.25) is 5.02 Å². The van der Waals surface area contributed by atoms with E-state index in [1.807, 2.05) is 48.5 Å².